The molecule has 0 fully saturated rings. The normalized spacial score (nSPS) is 12.2. The van der Waals surface area contributed by atoms with Gasteiger partial charge in [0.25, 0.3) is 5.69 Å². The lowest BCUT2D eigenvalue weighted by molar-refractivity contribution is -0.385. The van der Waals surface area contributed by atoms with E-state index in [1.165, 1.54) is 6.07 Å². The number of nitro benzene ring substituents is 1. The predicted molar refractivity (Wildman–Crippen MR) is 83.4 cm³/mol. The number of benzene rings is 1. The smallest absolute Gasteiger partial charge is 0.283 e. The second-order valence-corrected chi connectivity index (χ2v) is 5.94. The number of carbonyl (C=O) groups is 1. The van der Waals surface area contributed by atoms with Gasteiger partial charge in [0, 0.05) is 18.1 Å². The Hall–Kier alpha value is -0.980. The molecule has 0 aliphatic carbocycles. The van der Waals surface area contributed by atoms with Crippen LogP contribution in [0, 0.1) is 19.6 Å². The van der Waals surface area contributed by atoms with Crippen LogP contribution in [0.4, 0.5) is 5.69 Å². The molecule has 0 radical (unpaired) electrons. The van der Waals surface area contributed by atoms with Crippen LogP contribution < -0.4 is 0 Å². The lowest BCUT2D eigenvalue weighted by Crippen LogP contribution is -2.04. The zero-order chi connectivity index (χ0) is 14.4. The third-order valence-electron chi connectivity index (χ3n) is 3.11. The number of nitro groups is 1. The maximum Gasteiger partial charge on any atom is 0.283 e. The summed E-state index contributed by atoms with van der Waals surface area (Å²) in [5, 5.41) is 10.8. The molecule has 1 rings (SSSR count). The van der Waals surface area contributed by atoms with Crippen molar-refractivity contribution < 1.29 is 9.72 Å². The molecule has 0 heterocycles. The highest BCUT2D eigenvalue weighted by Crippen LogP contribution is 2.23. The Bertz CT molecular complexity index is 474. The van der Waals surface area contributed by atoms with Gasteiger partial charge in [-0.05, 0) is 47.1 Å². The van der Waals surface area contributed by atoms with Gasteiger partial charge in [0.1, 0.15) is 0 Å². The molecule has 0 N–H and O–H groups in total. The van der Waals surface area contributed by atoms with Crippen molar-refractivity contribution in [3.63, 3.8) is 0 Å². The summed E-state index contributed by atoms with van der Waals surface area (Å²) in [5.41, 5.74) is 0.448. The van der Waals surface area contributed by atoms with E-state index in [-0.39, 0.29) is 11.5 Å². The van der Waals surface area contributed by atoms with E-state index in [1.807, 2.05) is 22.6 Å². The zero-order valence-corrected chi connectivity index (χ0v) is 13.3. The Balaban J connectivity index is 2.72. The fraction of sp³-hybridized carbons (Fsp3) is 0.500. The Morgan fingerprint density at radius 1 is 1.42 bits per heavy atom. The van der Waals surface area contributed by atoms with Gasteiger partial charge in [-0.15, -0.1) is 0 Å². The number of hydrogen-bond donors (Lipinski definition) is 0. The molecule has 0 saturated heterocycles. The van der Waals surface area contributed by atoms with E-state index >= 15 is 0 Å². The highest BCUT2D eigenvalue weighted by atomic mass is 127. The summed E-state index contributed by atoms with van der Waals surface area (Å²) in [6.07, 6.45) is 3.52. The number of ketones is 1. The summed E-state index contributed by atoms with van der Waals surface area (Å²) in [6.45, 7) is 4.26. The van der Waals surface area contributed by atoms with E-state index in [1.54, 1.807) is 12.1 Å². The molecule has 0 aliphatic heterocycles. The van der Waals surface area contributed by atoms with Crippen molar-refractivity contribution in [3.8, 4) is 0 Å². The average molecular weight is 375 g/mol. The molecule has 4 nitrogen and oxygen atoms in total. The van der Waals surface area contributed by atoms with Gasteiger partial charge in [-0.1, -0.05) is 26.7 Å². The van der Waals surface area contributed by atoms with Gasteiger partial charge in [0.2, 0.25) is 0 Å². The molecular formula is C14H18INO3. The Morgan fingerprint density at radius 2 is 2.11 bits per heavy atom. The highest BCUT2D eigenvalue weighted by Gasteiger charge is 2.16. The van der Waals surface area contributed by atoms with Crippen LogP contribution in [0.2, 0.25) is 0 Å². The van der Waals surface area contributed by atoms with Crippen molar-refractivity contribution >= 4 is 34.1 Å². The van der Waals surface area contributed by atoms with E-state index in [0.717, 1.165) is 19.3 Å². The first-order chi connectivity index (χ1) is 8.95. The summed E-state index contributed by atoms with van der Waals surface area (Å²) < 4.78 is 0.554. The molecule has 5 heteroatoms. The van der Waals surface area contributed by atoms with Crippen LogP contribution in [0.25, 0.3) is 0 Å². The summed E-state index contributed by atoms with van der Waals surface area (Å²) in [7, 11) is 0. The van der Waals surface area contributed by atoms with E-state index in [9.17, 15) is 14.9 Å². The van der Waals surface area contributed by atoms with Gasteiger partial charge in [-0.3, -0.25) is 14.9 Å². The monoisotopic (exact) mass is 375 g/mol. The summed E-state index contributed by atoms with van der Waals surface area (Å²) >= 11 is 1.91. The third-order valence-corrected chi connectivity index (χ3v) is 4.02. The van der Waals surface area contributed by atoms with Gasteiger partial charge in [0.15, 0.2) is 5.78 Å². The molecule has 0 saturated carbocycles. The second-order valence-electron chi connectivity index (χ2n) is 4.78. The minimum atomic E-state index is -0.446. The predicted octanol–water partition coefficient (Wildman–Crippen LogP) is 4.60. The van der Waals surface area contributed by atoms with Crippen LogP contribution in [0.5, 0.6) is 0 Å². The molecule has 0 aromatic heterocycles. The molecular weight excluding hydrogens is 357 g/mol. The lowest BCUT2D eigenvalue weighted by Gasteiger charge is -2.09. The van der Waals surface area contributed by atoms with Crippen LogP contribution >= 0.6 is 22.6 Å². The van der Waals surface area contributed by atoms with Crippen molar-refractivity contribution in [2.75, 3.05) is 0 Å². The molecule has 0 amide bonds. The minimum absolute atomic E-state index is 0.00746. The third kappa shape index (κ3) is 4.89. The summed E-state index contributed by atoms with van der Waals surface area (Å²) in [6, 6.07) is 4.68. The molecule has 1 aromatic rings. The SMILES string of the molecule is CCCC(C)CCC(=O)c1ccc(I)c([N+](=O)[O-])c1. The number of hydrogen-bond acceptors (Lipinski definition) is 3. The standard InChI is InChI=1S/C14H18INO3/c1-3-4-10(2)5-8-14(17)11-6-7-12(15)13(9-11)16(18)19/h6-7,9-10H,3-5,8H2,1-2H3. The Labute approximate surface area is 126 Å². The zero-order valence-electron chi connectivity index (χ0n) is 11.2. The van der Waals surface area contributed by atoms with Crippen molar-refractivity contribution in [2.24, 2.45) is 5.92 Å². The van der Waals surface area contributed by atoms with Crippen LogP contribution in [-0.2, 0) is 0 Å². The Morgan fingerprint density at radius 3 is 2.68 bits per heavy atom. The lowest BCUT2D eigenvalue weighted by atomic mass is 9.96. The van der Waals surface area contributed by atoms with Gasteiger partial charge in [-0.25, -0.2) is 0 Å². The van der Waals surface area contributed by atoms with Crippen molar-refractivity contribution in [3.05, 3.63) is 37.4 Å². The highest BCUT2D eigenvalue weighted by molar-refractivity contribution is 14.1. The fourth-order valence-electron chi connectivity index (χ4n) is 1.98. The first-order valence-electron chi connectivity index (χ1n) is 6.42. The van der Waals surface area contributed by atoms with Crippen LogP contribution in [0.15, 0.2) is 18.2 Å². The fourth-order valence-corrected chi connectivity index (χ4v) is 2.52. The summed E-state index contributed by atoms with van der Waals surface area (Å²) in [4.78, 5) is 22.4. The van der Waals surface area contributed by atoms with E-state index < -0.39 is 4.92 Å². The topological polar surface area (TPSA) is 60.2 Å². The molecule has 19 heavy (non-hydrogen) atoms. The quantitative estimate of drug-likeness (QED) is 0.303. The van der Waals surface area contributed by atoms with Crippen LogP contribution in [-0.4, -0.2) is 10.7 Å². The van der Waals surface area contributed by atoms with E-state index in [4.69, 9.17) is 0 Å². The number of nitrogens with zero attached hydrogens (tertiary/aromatic N) is 1. The Kier molecular flexibility index (Phi) is 6.41. The maximum absolute atomic E-state index is 12.0. The van der Waals surface area contributed by atoms with Crippen molar-refractivity contribution in [1.82, 2.24) is 0 Å². The van der Waals surface area contributed by atoms with Gasteiger partial charge in [-0.2, -0.15) is 0 Å². The first-order valence-corrected chi connectivity index (χ1v) is 7.50. The largest absolute Gasteiger partial charge is 0.294 e. The van der Waals surface area contributed by atoms with E-state index in [2.05, 4.69) is 13.8 Å². The molecule has 104 valence electrons. The van der Waals surface area contributed by atoms with Crippen molar-refractivity contribution in [1.29, 1.82) is 0 Å². The first kappa shape index (κ1) is 16.1. The number of Topliss-reactive ketones (excluding diaryl/α,β-unsaturated/α-hetero) is 1. The van der Waals surface area contributed by atoms with Gasteiger partial charge < -0.3 is 0 Å². The molecule has 1 atom stereocenters. The number of carbonyl (C=O) groups excluding carboxylic acids is 1. The molecule has 0 spiro atoms. The van der Waals surface area contributed by atoms with Crippen LogP contribution in [0.1, 0.15) is 49.9 Å². The second kappa shape index (κ2) is 7.57. The van der Waals surface area contributed by atoms with Crippen molar-refractivity contribution in [2.45, 2.75) is 39.5 Å². The molecule has 0 bridgehead atoms. The number of rotatable bonds is 7. The number of halogens is 1. The van der Waals surface area contributed by atoms with Gasteiger partial charge in [0.05, 0.1) is 8.49 Å². The maximum atomic E-state index is 12.0. The van der Waals surface area contributed by atoms with E-state index in [0.29, 0.717) is 21.5 Å². The molecule has 1 aromatic carbocycles. The summed E-state index contributed by atoms with van der Waals surface area (Å²) in [5.74, 6) is 0.509. The minimum Gasteiger partial charge on any atom is -0.294 e. The molecule has 0 aliphatic rings. The van der Waals surface area contributed by atoms with Gasteiger partial charge >= 0.3 is 0 Å². The average Bonchev–Trinajstić information content (AvgIpc) is 2.36. The van der Waals surface area contributed by atoms with Crippen LogP contribution in [0.3, 0.4) is 0 Å². The molecule has 1 unspecified atom stereocenters.